The summed E-state index contributed by atoms with van der Waals surface area (Å²) in [4.78, 5) is 11.0. The summed E-state index contributed by atoms with van der Waals surface area (Å²) < 4.78 is 0. The van der Waals surface area contributed by atoms with Gasteiger partial charge in [0.15, 0.2) is 0 Å². The summed E-state index contributed by atoms with van der Waals surface area (Å²) in [6.45, 7) is 0. The summed E-state index contributed by atoms with van der Waals surface area (Å²) in [5, 5.41) is 12.2. The summed E-state index contributed by atoms with van der Waals surface area (Å²) in [6.07, 6.45) is 2.20. The number of aliphatic hydroxyl groups is 1. The third kappa shape index (κ3) is 0.736. The van der Waals surface area contributed by atoms with Crippen LogP contribution >= 0.6 is 0 Å². The Morgan fingerprint density at radius 1 is 1.50 bits per heavy atom. The van der Waals surface area contributed by atoms with Gasteiger partial charge in [-0.25, -0.2) is 0 Å². The predicted molar refractivity (Wildman–Crippen MR) is 35.3 cm³/mol. The number of rotatable bonds is 0. The van der Waals surface area contributed by atoms with E-state index in [0.29, 0.717) is 6.04 Å². The van der Waals surface area contributed by atoms with E-state index in [1.54, 1.807) is 0 Å². The van der Waals surface area contributed by atoms with E-state index in [2.05, 4.69) is 5.32 Å². The molecule has 2 fully saturated rings. The van der Waals surface area contributed by atoms with E-state index in [1.807, 2.05) is 0 Å². The van der Waals surface area contributed by atoms with Crippen molar-refractivity contribution in [3.8, 4) is 0 Å². The summed E-state index contributed by atoms with van der Waals surface area (Å²) in [7, 11) is 0. The molecule has 3 heteroatoms. The molecule has 0 spiro atoms. The van der Waals surface area contributed by atoms with Gasteiger partial charge in [-0.15, -0.1) is 0 Å². The molecule has 2 rings (SSSR count). The van der Waals surface area contributed by atoms with E-state index in [9.17, 15) is 9.90 Å². The second kappa shape index (κ2) is 1.95. The zero-order chi connectivity index (χ0) is 7.14. The fraction of sp³-hybridized carbons (Fsp3) is 0.857. The van der Waals surface area contributed by atoms with Gasteiger partial charge in [0.05, 0.1) is 12.0 Å². The molecule has 0 aromatic carbocycles. The maximum atomic E-state index is 11.0. The quantitative estimate of drug-likeness (QED) is 0.484. The zero-order valence-electron chi connectivity index (χ0n) is 5.71. The first-order valence-electron chi connectivity index (χ1n) is 3.76. The molecule has 1 aliphatic carbocycles. The Morgan fingerprint density at radius 3 is 3.00 bits per heavy atom. The SMILES string of the molecule is O=C1N[C@H]2CC[C@H](O)[C@@H]1C2. The Kier molecular flexibility index (Phi) is 1.20. The first-order chi connectivity index (χ1) is 4.77. The molecule has 2 aliphatic rings. The number of nitrogens with one attached hydrogen (secondary N) is 1. The van der Waals surface area contributed by atoms with Crippen LogP contribution in [0.4, 0.5) is 0 Å². The van der Waals surface area contributed by atoms with Gasteiger partial charge in [0.25, 0.3) is 0 Å². The molecule has 0 radical (unpaired) electrons. The summed E-state index contributed by atoms with van der Waals surface area (Å²) in [5.74, 6) is -0.0475. The Hall–Kier alpha value is -0.570. The van der Waals surface area contributed by atoms with Crippen molar-refractivity contribution in [2.45, 2.75) is 31.4 Å². The Bertz CT molecular complexity index is 169. The molecule has 10 heavy (non-hydrogen) atoms. The average molecular weight is 141 g/mol. The standard InChI is InChI=1S/C7H11NO2/c9-6-2-1-4-3-5(6)7(10)8-4/h4-6,9H,1-3H2,(H,8,10)/t4-,5-,6-/m0/s1. The molecule has 2 N–H and O–H groups in total. The predicted octanol–water partition coefficient (Wildman–Crippen LogP) is -0.354. The number of carbonyl (C=O) groups excluding carboxylic acids is 1. The van der Waals surface area contributed by atoms with Gasteiger partial charge in [0, 0.05) is 6.04 Å². The first-order valence-corrected chi connectivity index (χ1v) is 3.76. The highest BCUT2D eigenvalue weighted by Gasteiger charge is 2.40. The van der Waals surface area contributed by atoms with Crippen LogP contribution in [0.2, 0.25) is 0 Å². The molecular formula is C7H11NO2. The number of amides is 1. The zero-order valence-corrected chi connectivity index (χ0v) is 5.71. The van der Waals surface area contributed by atoms with Gasteiger partial charge < -0.3 is 10.4 Å². The number of hydrogen-bond acceptors (Lipinski definition) is 2. The maximum Gasteiger partial charge on any atom is 0.226 e. The molecule has 3 nitrogen and oxygen atoms in total. The lowest BCUT2D eigenvalue weighted by atomic mass is 9.87. The lowest BCUT2D eigenvalue weighted by Crippen LogP contribution is -2.27. The third-order valence-corrected chi connectivity index (χ3v) is 2.50. The molecule has 1 saturated carbocycles. The molecule has 3 atom stereocenters. The highest BCUT2D eigenvalue weighted by molar-refractivity contribution is 5.82. The second-order valence-corrected chi connectivity index (χ2v) is 3.19. The van der Waals surface area contributed by atoms with Crippen LogP contribution in [0.15, 0.2) is 0 Å². The van der Waals surface area contributed by atoms with Gasteiger partial charge in [-0.1, -0.05) is 0 Å². The molecule has 1 saturated heterocycles. The van der Waals surface area contributed by atoms with Crippen LogP contribution in [0.1, 0.15) is 19.3 Å². The van der Waals surface area contributed by atoms with Crippen molar-refractivity contribution in [2.24, 2.45) is 5.92 Å². The molecule has 1 aliphatic heterocycles. The van der Waals surface area contributed by atoms with Crippen LogP contribution in [-0.4, -0.2) is 23.2 Å². The Balaban J connectivity index is 2.17. The fourth-order valence-electron chi connectivity index (χ4n) is 1.88. The number of fused-ring (bicyclic) bond motifs is 2. The number of hydrogen-bond donors (Lipinski definition) is 2. The van der Waals surface area contributed by atoms with Gasteiger partial charge in [-0.3, -0.25) is 4.79 Å². The van der Waals surface area contributed by atoms with E-state index in [-0.39, 0.29) is 17.9 Å². The van der Waals surface area contributed by atoms with Crippen LogP contribution in [0.3, 0.4) is 0 Å². The van der Waals surface area contributed by atoms with Crippen LogP contribution in [0, 0.1) is 5.92 Å². The molecule has 56 valence electrons. The van der Waals surface area contributed by atoms with Crippen molar-refractivity contribution in [2.75, 3.05) is 0 Å². The smallest absolute Gasteiger partial charge is 0.226 e. The van der Waals surface area contributed by atoms with Crippen molar-refractivity contribution in [1.29, 1.82) is 0 Å². The maximum absolute atomic E-state index is 11.0. The van der Waals surface area contributed by atoms with Crippen molar-refractivity contribution in [1.82, 2.24) is 5.32 Å². The van der Waals surface area contributed by atoms with Crippen LogP contribution in [0.25, 0.3) is 0 Å². The van der Waals surface area contributed by atoms with Crippen molar-refractivity contribution >= 4 is 5.91 Å². The van der Waals surface area contributed by atoms with Crippen molar-refractivity contribution < 1.29 is 9.90 Å². The summed E-state index contributed by atoms with van der Waals surface area (Å²) in [5.41, 5.74) is 0. The van der Waals surface area contributed by atoms with E-state index < -0.39 is 0 Å². The van der Waals surface area contributed by atoms with Crippen LogP contribution in [0.5, 0.6) is 0 Å². The fourth-order valence-corrected chi connectivity index (χ4v) is 1.88. The van der Waals surface area contributed by atoms with Crippen molar-refractivity contribution in [3.63, 3.8) is 0 Å². The molecule has 1 heterocycles. The molecular weight excluding hydrogens is 130 g/mol. The molecule has 2 bridgehead atoms. The Labute approximate surface area is 59.4 Å². The minimum absolute atomic E-state index is 0.0509. The topological polar surface area (TPSA) is 49.3 Å². The van der Waals surface area contributed by atoms with Crippen LogP contribution < -0.4 is 5.32 Å². The van der Waals surface area contributed by atoms with E-state index >= 15 is 0 Å². The molecule has 0 aromatic heterocycles. The summed E-state index contributed by atoms with van der Waals surface area (Å²) >= 11 is 0. The van der Waals surface area contributed by atoms with Gasteiger partial charge in [-0.05, 0) is 19.3 Å². The monoisotopic (exact) mass is 141 g/mol. The first kappa shape index (κ1) is 6.16. The van der Waals surface area contributed by atoms with Gasteiger partial charge >= 0.3 is 0 Å². The van der Waals surface area contributed by atoms with E-state index in [1.165, 1.54) is 0 Å². The second-order valence-electron chi connectivity index (χ2n) is 3.19. The van der Waals surface area contributed by atoms with E-state index in [0.717, 1.165) is 19.3 Å². The normalized spacial score (nSPS) is 45.3. The van der Waals surface area contributed by atoms with E-state index in [4.69, 9.17) is 0 Å². The highest BCUT2D eigenvalue weighted by atomic mass is 16.3. The van der Waals surface area contributed by atoms with Gasteiger partial charge in [0.2, 0.25) is 5.91 Å². The number of aliphatic hydroxyl groups excluding tert-OH is 1. The van der Waals surface area contributed by atoms with Gasteiger partial charge in [0.1, 0.15) is 0 Å². The van der Waals surface area contributed by atoms with Gasteiger partial charge in [-0.2, -0.15) is 0 Å². The molecule has 0 unspecified atom stereocenters. The summed E-state index contributed by atoms with van der Waals surface area (Å²) in [6, 6.07) is 0.362. The minimum atomic E-state index is -0.376. The lowest BCUT2D eigenvalue weighted by Gasteiger charge is -2.20. The lowest BCUT2D eigenvalue weighted by molar-refractivity contribution is -0.125. The molecule has 0 aromatic rings. The Morgan fingerprint density at radius 2 is 2.30 bits per heavy atom. The third-order valence-electron chi connectivity index (χ3n) is 2.50. The average Bonchev–Trinajstić information content (AvgIpc) is 2.21. The largest absolute Gasteiger partial charge is 0.392 e. The highest BCUT2D eigenvalue weighted by Crippen LogP contribution is 2.29. The molecule has 1 amide bonds. The number of carbonyl (C=O) groups is 1. The van der Waals surface area contributed by atoms with Crippen molar-refractivity contribution in [3.05, 3.63) is 0 Å². The minimum Gasteiger partial charge on any atom is -0.392 e. The van der Waals surface area contributed by atoms with Crippen LogP contribution in [-0.2, 0) is 4.79 Å².